The maximum absolute atomic E-state index is 4.47. The summed E-state index contributed by atoms with van der Waals surface area (Å²) in [5, 5.41) is 6.52. The molecule has 0 unspecified atom stereocenters. The van der Waals surface area contributed by atoms with Crippen molar-refractivity contribution >= 4 is 33.4 Å². The fourth-order valence-corrected chi connectivity index (χ4v) is 2.15. The summed E-state index contributed by atoms with van der Waals surface area (Å²) in [6.45, 7) is 7.02. The summed E-state index contributed by atoms with van der Waals surface area (Å²) < 4.78 is 1.08. The molecule has 2 N–H and O–H groups in total. The zero-order valence-electron chi connectivity index (χ0n) is 12.0. The van der Waals surface area contributed by atoms with Gasteiger partial charge in [-0.2, -0.15) is 4.98 Å². The molecule has 20 heavy (non-hydrogen) atoms. The summed E-state index contributed by atoms with van der Waals surface area (Å²) in [6.07, 6.45) is 1.05. The van der Waals surface area contributed by atoms with E-state index >= 15 is 0 Å². The van der Waals surface area contributed by atoms with Crippen molar-refractivity contribution in [3.05, 3.63) is 40.0 Å². The molecule has 0 aliphatic heterocycles. The predicted molar refractivity (Wildman–Crippen MR) is 87.7 cm³/mol. The Morgan fingerprint density at radius 2 is 1.95 bits per heavy atom. The number of aromatic nitrogens is 2. The Kier molecular flexibility index (Phi) is 4.95. The number of benzene rings is 1. The highest BCUT2D eigenvalue weighted by molar-refractivity contribution is 9.10. The minimum absolute atomic E-state index is 0.667. The third kappa shape index (κ3) is 3.93. The molecule has 0 saturated carbocycles. The molecule has 0 saturated heterocycles. The number of halogens is 1. The lowest BCUT2D eigenvalue weighted by atomic mass is 10.2. The van der Waals surface area contributed by atoms with Gasteiger partial charge in [0, 0.05) is 28.5 Å². The van der Waals surface area contributed by atoms with Gasteiger partial charge in [-0.15, -0.1) is 0 Å². The molecule has 0 aliphatic carbocycles. The molecule has 0 atom stereocenters. The van der Waals surface area contributed by atoms with Crippen molar-refractivity contribution in [2.75, 3.05) is 17.2 Å². The second kappa shape index (κ2) is 6.70. The summed E-state index contributed by atoms with van der Waals surface area (Å²) in [4.78, 5) is 8.84. The summed E-state index contributed by atoms with van der Waals surface area (Å²) in [5.74, 6) is 1.47. The van der Waals surface area contributed by atoms with Crippen molar-refractivity contribution in [1.82, 2.24) is 9.97 Å². The number of anilines is 3. The van der Waals surface area contributed by atoms with Crippen LogP contribution in [0.25, 0.3) is 0 Å². The molecule has 2 rings (SSSR count). The van der Waals surface area contributed by atoms with E-state index in [9.17, 15) is 0 Å². The van der Waals surface area contributed by atoms with Gasteiger partial charge in [0.05, 0.1) is 0 Å². The SMILES string of the molecule is CCCNc1nc(C)cc(Nc2ccc(C)c(Br)c2)n1. The summed E-state index contributed by atoms with van der Waals surface area (Å²) >= 11 is 3.54. The molecule has 0 aliphatic rings. The molecule has 0 spiro atoms. The molecule has 1 heterocycles. The molecular weight excluding hydrogens is 316 g/mol. The largest absolute Gasteiger partial charge is 0.354 e. The number of rotatable bonds is 5. The first-order chi connectivity index (χ1) is 9.58. The van der Waals surface area contributed by atoms with Gasteiger partial charge in [-0.05, 0) is 38.0 Å². The summed E-state index contributed by atoms with van der Waals surface area (Å²) in [5.41, 5.74) is 3.15. The van der Waals surface area contributed by atoms with Crippen LogP contribution in [-0.4, -0.2) is 16.5 Å². The first kappa shape index (κ1) is 14.8. The van der Waals surface area contributed by atoms with E-state index in [0.717, 1.165) is 34.6 Å². The zero-order valence-corrected chi connectivity index (χ0v) is 13.6. The van der Waals surface area contributed by atoms with Crippen molar-refractivity contribution in [3.8, 4) is 0 Å². The molecule has 0 amide bonds. The van der Waals surface area contributed by atoms with Crippen LogP contribution in [0.5, 0.6) is 0 Å². The molecule has 0 bridgehead atoms. The highest BCUT2D eigenvalue weighted by Crippen LogP contribution is 2.23. The lowest BCUT2D eigenvalue weighted by molar-refractivity contribution is 0.947. The van der Waals surface area contributed by atoms with Crippen LogP contribution < -0.4 is 10.6 Å². The maximum atomic E-state index is 4.47. The van der Waals surface area contributed by atoms with Crippen LogP contribution in [0.1, 0.15) is 24.6 Å². The first-order valence-electron chi connectivity index (χ1n) is 6.71. The standard InChI is InChI=1S/C15H19BrN4/c1-4-7-17-15-18-11(3)8-14(20-15)19-12-6-5-10(2)13(16)9-12/h5-6,8-9H,4,7H2,1-3H3,(H2,17,18,19,20). The number of nitrogens with zero attached hydrogens (tertiary/aromatic N) is 2. The third-order valence-electron chi connectivity index (χ3n) is 2.83. The molecule has 1 aromatic heterocycles. The second-order valence-corrected chi connectivity index (χ2v) is 5.59. The van der Waals surface area contributed by atoms with Gasteiger partial charge in [0.25, 0.3) is 0 Å². The van der Waals surface area contributed by atoms with Crippen molar-refractivity contribution in [3.63, 3.8) is 0 Å². The summed E-state index contributed by atoms with van der Waals surface area (Å²) in [7, 11) is 0. The monoisotopic (exact) mass is 334 g/mol. The van der Waals surface area contributed by atoms with Crippen molar-refractivity contribution < 1.29 is 0 Å². The Morgan fingerprint density at radius 3 is 2.65 bits per heavy atom. The highest BCUT2D eigenvalue weighted by atomic mass is 79.9. The lowest BCUT2D eigenvalue weighted by Gasteiger charge is -2.10. The average molecular weight is 335 g/mol. The Bertz CT molecular complexity index is 598. The van der Waals surface area contributed by atoms with Gasteiger partial charge in [0.15, 0.2) is 0 Å². The van der Waals surface area contributed by atoms with E-state index in [4.69, 9.17) is 0 Å². The Balaban J connectivity index is 2.19. The lowest BCUT2D eigenvalue weighted by Crippen LogP contribution is -2.06. The molecule has 0 radical (unpaired) electrons. The van der Waals surface area contributed by atoms with E-state index in [1.54, 1.807) is 0 Å². The zero-order chi connectivity index (χ0) is 14.5. The van der Waals surface area contributed by atoms with E-state index in [1.165, 1.54) is 5.56 Å². The van der Waals surface area contributed by atoms with Crippen molar-refractivity contribution in [2.24, 2.45) is 0 Å². The quantitative estimate of drug-likeness (QED) is 0.849. The van der Waals surface area contributed by atoms with Crippen molar-refractivity contribution in [2.45, 2.75) is 27.2 Å². The van der Waals surface area contributed by atoms with Gasteiger partial charge < -0.3 is 10.6 Å². The van der Waals surface area contributed by atoms with Gasteiger partial charge in [0.1, 0.15) is 5.82 Å². The molecule has 1 aromatic carbocycles. The van der Waals surface area contributed by atoms with Crippen LogP contribution in [0.2, 0.25) is 0 Å². The van der Waals surface area contributed by atoms with E-state index in [2.05, 4.69) is 56.4 Å². The molecule has 5 heteroatoms. The van der Waals surface area contributed by atoms with Gasteiger partial charge in [0.2, 0.25) is 5.95 Å². The Morgan fingerprint density at radius 1 is 1.15 bits per heavy atom. The van der Waals surface area contributed by atoms with Crippen LogP contribution in [0.4, 0.5) is 17.5 Å². The Labute approximate surface area is 128 Å². The van der Waals surface area contributed by atoms with E-state index in [-0.39, 0.29) is 0 Å². The first-order valence-corrected chi connectivity index (χ1v) is 7.50. The normalized spacial score (nSPS) is 10.4. The van der Waals surface area contributed by atoms with Crippen LogP contribution in [0.15, 0.2) is 28.7 Å². The van der Waals surface area contributed by atoms with Gasteiger partial charge in [-0.25, -0.2) is 4.98 Å². The third-order valence-corrected chi connectivity index (χ3v) is 3.69. The van der Waals surface area contributed by atoms with E-state index in [0.29, 0.717) is 5.95 Å². The maximum Gasteiger partial charge on any atom is 0.224 e. The van der Waals surface area contributed by atoms with Crippen molar-refractivity contribution in [1.29, 1.82) is 0 Å². The fraction of sp³-hybridized carbons (Fsp3) is 0.333. The minimum atomic E-state index is 0.667. The molecule has 0 fully saturated rings. The average Bonchev–Trinajstić information content (AvgIpc) is 2.40. The molecule has 106 valence electrons. The topological polar surface area (TPSA) is 49.8 Å². The van der Waals surface area contributed by atoms with E-state index < -0.39 is 0 Å². The van der Waals surface area contributed by atoms with Crippen LogP contribution in [0, 0.1) is 13.8 Å². The van der Waals surface area contributed by atoms with Gasteiger partial charge >= 0.3 is 0 Å². The Hall–Kier alpha value is -1.62. The fourth-order valence-electron chi connectivity index (χ4n) is 1.77. The molecular formula is C15H19BrN4. The van der Waals surface area contributed by atoms with Gasteiger partial charge in [-0.1, -0.05) is 28.9 Å². The number of aryl methyl sites for hydroxylation is 2. The molecule has 4 nitrogen and oxygen atoms in total. The molecule has 2 aromatic rings. The van der Waals surface area contributed by atoms with Gasteiger partial charge in [-0.3, -0.25) is 0 Å². The highest BCUT2D eigenvalue weighted by Gasteiger charge is 2.03. The van der Waals surface area contributed by atoms with Crippen LogP contribution >= 0.6 is 15.9 Å². The number of nitrogens with one attached hydrogen (secondary N) is 2. The smallest absolute Gasteiger partial charge is 0.224 e. The second-order valence-electron chi connectivity index (χ2n) is 4.73. The van der Waals surface area contributed by atoms with Crippen LogP contribution in [0.3, 0.4) is 0 Å². The summed E-state index contributed by atoms with van der Waals surface area (Å²) in [6, 6.07) is 8.09. The van der Waals surface area contributed by atoms with Crippen LogP contribution in [-0.2, 0) is 0 Å². The predicted octanol–water partition coefficient (Wildman–Crippen LogP) is 4.42. The number of hydrogen-bond donors (Lipinski definition) is 2. The van der Waals surface area contributed by atoms with E-state index in [1.807, 2.05) is 25.1 Å². The minimum Gasteiger partial charge on any atom is -0.354 e. The number of hydrogen-bond acceptors (Lipinski definition) is 4.